The molecule has 0 aliphatic heterocycles. The van der Waals surface area contributed by atoms with Crippen LogP contribution < -0.4 is 4.74 Å². The molecule has 0 bridgehead atoms. The third kappa shape index (κ3) is 2.59. The number of benzene rings is 2. The van der Waals surface area contributed by atoms with Crippen LogP contribution in [0.4, 0.5) is 0 Å². The molecule has 0 unspecified atom stereocenters. The second-order valence-corrected chi connectivity index (χ2v) is 3.96. The van der Waals surface area contributed by atoms with Crippen molar-refractivity contribution in [3.05, 3.63) is 54.6 Å². The largest absolute Gasteiger partial charge is 0.456 e. The van der Waals surface area contributed by atoms with E-state index in [0.29, 0.717) is 0 Å². The van der Waals surface area contributed by atoms with Gasteiger partial charge in [0.05, 0.1) is 4.90 Å². The third-order valence-electron chi connectivity index (χ3n) is 1.99. The number of ether oxygens (including phenoxy) is 1. The molecular weight excluding hydrogens is 216 g/mol. The summed E-state index contributed by atoms with van der Waals surface area (Å²) in [7, 11) is 0. The van der Waals surface area contributed by atoms with Crippen molar-refractivity contribution in [3.8, 4) is 23.2 Å². The molecule has 16 heavy (non-hydrogen) atoms. The molecule has 0 aliphatic rings. The van der Waals surface area contributed by atoms with Crippen molar-refractivity contribution in [1.29, 1.82) is 0 Å². The average molecular weight is 226 g/mol. The normalized spacial score (nSPS) is 9.44. The fourth-order valence-corrected chi connectivity index (χ4v) is 1.78. The number of hydrogen-bond donors (Lipinski definition) is 0. The van der Waals surface area contributed by atoms with Crippen LogP contribution in [0, 0.1) is 11.7 Å². The second-order valence-electron chi connectivity index (χ2n) is 3.08. The van der Waals surface area contributed by atoms with Gasteiger partial charge in [0.15, 0.2) is 0 Å². The Kier molecular flexibility index (Phi) is 3.53. The van der Waals surface area contributed by atoms with Gasteiger partial charge in [0.1, 0.15) is 11.5 Å². The maximum atomic E-state index is 5.75. The van der Waals surface area contributed by atoms with Crippen LogP contribution in [-0.2, 0) is 0 Å². The summed E-state index contributed by atoms with van der Waals surface area (Å²) in [5, 5.41) is 2.55. The number of rotatable bonds is 3. The van der Waals surface area contributed by atoms with Gasteiger partial charge in [0.2, 0.25) is 0 Å². The van der Waals surface area contributed by atoms with Gasteiger partial charge in [-0.25, -0.2) is 0 Å². The topological polar surface area (TPSA) is 9.23 Å². The van der Waals surface area contributed by atoms with Gasteiger partial charge in [-0.05, 0) is 41.3 Å². The quantitative estimate of drug-likeness (QED) is 0.574. The first-order chi connectivity index (χ1) is 7.90. The first kappa shape index (κ1) is 10.7. The molecule has 0 heterocycles. The number of hydrogen-bond acceptors (Lipinski definition) is 2. The van der Waals surface area contributed by atoms with Crippen LogP contribution in [0.25, 0.3) is 0 Å². The molecular formula is C14H10OS. The lowest BCUT2D eigenvalue weighted by molar-refractivity contribution is 0.471. The van der Waals surface area contributed by atoms with Gasteiger partial charge < -0.3 is 4.74 Å². The van der Waals surface area contributed by atoms with E-state index in [1.54, 1.807) is 0 Å². The van der Waals surface area contributed by atoms with Gasteiger partial charge in [-0.15, -0.1) is 6.42 Å². The summed E-state index contributed by atoms with van der Waals surface area (Å²) in [6.45, 7) is 0. The second kappa shape index (κ2) is 5.29. The van der Waals surface area contributed by atoms with Gasteiger partial charge in [-0.3, -0.25) is 0 Å². The Bertz CT molecular complexity index is 500. The lowest BCUT2D eigenvalue weighted by atomic mass is 10.3. The minimum absolute atomic E-state index is 0.789. The van der Waals surface area contributed by atoms with Crippen molar-refractivity contribution < 1.29 is 4.74 Å². The van der Waals surface area contributed by atoms with Gasteiger partial charge >= 0.3 is 0 Å². The molecule has 0 N–H and O–H groups in total. The van der Waals surface area contributed by atoms with Crippen molar-refractivity contribution in [2.24, 2.45) is 0 Å². The van der Waals surface area contributed by atoms with Crippen LogP contribution in [0.1, 0.15) is 0 Å². The van der Waals surface area contributed by atoms with Crippen LogP contribution >= 0.6 is 11.8 Å². The molecule has 0 amide bonds. The van der Waals surface area contributed by atoms with E-state index in [4.69, 9.17) is 11.2 Å². The third-order valence-corrected chi connectivity index (χ3v) is 2.66. The van der Waals surface area contributed by atoms with Crippen molar-refractivity contribution in [2.45, 2.75) is 4.90 Å². The van der Waals surface area contributed by atoms with Crippen molar-refractivity contribution >= 4 is 11.8 Å². The zero-order valence-electron chi connectivity index (χ0n) is 8.59. The predicted octanol–water partition coefficient (Wildman–Crippen LogP) is 4.16. The van der Waals surface area contributed by atoms with Crippen molar-refractivity contribution in [3.63, 3.8) is 0 Å². The molecule has 0 saturated heterocycles. The summed E-state index contributed by atoms with van der Waals surface area (Å²) in [5.74, 6) is 1.60. The molecule has 0 radical (unpaired) electrons. The predicted molar refractivity (Wildman–Crippen MR) is 67.6 cm³/mol. The SMILES string of the molecule is C#CSc1ccccc1Oc1ccccc1. The maximum absolute atomic E-state index is 5.75. The highest BCUT2D eigenvalue weighted by Crippen LogP contribution is 2.31. The van der Waals surface area contributed by atoms with Gasteiger partial charge in [-0.1, -0.05) is 30.3 Å². The summed E-state index contributed by atoms with van der Waals surface area (Å²) >= 11 is 1.32. The van der Waals surface area contributed by atoms with Crippen LogP contribution in [0.15, 0.2) is 59.5 Å². The Labute approximate surface area is 99.5 Å². The molecule has 2 rings (SSSR count). The van der Waals surface area contributed by atoms with E-state index in [-0.39, 0.29) is 0 Å². The summed E-state index contributed by atoms with van der Waals surface area (Å²) in [6.07, 6.45) is 5.28. The van der Waals surface area contributed by atoms with E-state index in [2.05, 4.69) is 5.25 Å². The Morgan fingerprint density at radius 1 is 0.938 bits per heavy atom. The van der Waals surface area contributed by atoms with E-state index >= 15 is 0 Å². The maximum Gasteiger partial charge on any atom is 0.141 e. The first-order valence-corrected chi connectivity index (χ1v) is 5.66. The first-order valence-electron chi connectivity index (χ1n) is 4.84. The van der Waals surface area contributed by atoms with Crippen LogP contribution in [0.5, 0.6) is 11.5 Å². The summed E-state index contributed by atoms with van der Waals surface area (Å²) < 4.78 is 5.75. The highest BCUT2D eigenvalue weighted by atomic mass is 32.2. The highest BCUT2D eigenvalue weighted by molar-refractivity contribution is 8.04. The molecule has 0 fully saturated rings. The fraction of sp³-hybridized carbons (Fsp3) is 0. The van der Waals surface area contributed by atoms with Crippen LogP contribution in [0.2, 0.25) is 0 Å². The molecule has 0 aliphatic carbocycles. The van der Waals surface area contributed by atoms with Crippen molar-refractivity contribution in [1.82, 2.24) is 0 Å². The molecule has 2 heteroatoms. The summed E-state index contributed by atoms with van der Waals surface area (Å²) in [4.78, 5) is 0.953. The molecule has 0 saturated carbocycles. The lowest BCUT2D eigenvalue weighted by Gasteiger charge is -2.08. The van der Waals surface area contributed by atoms with E-state index < -0.39 is 0 Å². The minimum Gasteiger partial charge on any atom is -0.456 e. The van der Waals surface area contributed by atoms with E-state index in [1.807, 2.05) is 54.6 Å². The highest BCUT2D eigenvalue weighted by Gasteiger charge is 2.03. The lowest BCUT2D eigenvalue weighted by Crippen LogP contribution is -1.85. The molecule has 0 aromatic heterocycles. The zero-order chi connectivity index (χ0) is 11.2. The monoisotopic (exact) mass is 226 g/mol. The van der Waals surface area contributed by atoms with Gasteiger partial charge in [-0.2, -0.15) is 0 Å². The van der Waals surface area contributed by atoms with Crippen LogP contribution in [0.3, 0.4) is 0 Å². The summed E-state index contributed by atoms with van der Waals surface area (Å²) in [6, 6.07) is 17.4. The number of para-hydroxylation sites is 2. The van der Waals surface area contributed by atoms with E-state index in [1.165, 1.54) is 11.8 Å². The summed E-state index contributed by atoms with van der Waals surface area (Å²) in [5.41, 5.74) is 0. The van der Waals surface area contributed by atoms with Gasteiger partial charge in [0.25, 0.3) is 0 Å². The van der Waals surface area contributed by atoms with Gasteiger partial charge in [0, 0.05) is 0 Å². The Hall–Kier alpha value is -1.85. The smallest absolute Gasteiger partial charge is 0.141 e. The fourth-order valence-electron chi connectivity index (χ4n) is 1.30. The van der Waals surface area contributed by atoms with E-state index in [0.717, 1.165) is 16.4 Å². The zero-order valence-corrected chi connectivity index (χ0v) is 9.41. The Morgan fingerprint density at radius 3 is 2.38 bits per heavy atom. The number of thioether (sulfide) groups is 1. The molecule has 0 spiro atoms. The molecule has 1 nitrogen and oxygen atoms in total. The van der Waals surface area contributed by atoms with Crippen LogP contribution in [-0.4, -0.2) is 0 Å². The minimum atomic E-state index is 0.789. The Balaban J connectivity index is 2.25. The van der Waals surface area contributed by atoms with E-state index in [9.17, 15) is 0 Å². The average Bonchev–Trinajstić information content (AvgIpc) is 2.33. The molecule has 2 aromatic rings. The number of terminal acetylenes is 1. The van der Waals surface area contributed by atoms with Crippen molar-refractivity contribution in [2.75, 3.05) is 0 Å². The molecule has 78 valence electrons. The Morgan fingerprint density at radius 2 is 1.62 bits per heavy atom. The standard InChI is InChI=1S/C14H10OS/c1-2-16-14-11-7-6-10-13(14)15-12-8-4-3-5-9-12/h1,3-11H. The molecule has 2 aromatic carbocycles. The molecule has 0 atom stereocenters.